The largest absolute Gasteiger partial charge is 0.393 e. The van der Waals surface area contributed by atoms with Gasteiger partial charge in [-0.2, -0.15) is 0 Å². The van der Waals surface area contributed by atoms with Crippen LogP contribution in [0.15, 0.2) is 53.4 Å². The first kappa shape index (κ1) is 16.4. The molecule has 0 bridgehead atoms. The summed E-state index contributed by atoms with van der Waals surface area (Å²) in [6.45, 7) is 1.92. The van der Waals surface area contributed by atoms with Crippen molar-refractivity contribution in [1.82, 2.24) is 0 Å². The third-order valence-corrected chi connectivity index (χ3v) is 6.96. The molecule has 120 valence electrons. The van der Waals surface area contributed by atoms with E-state index >= 15 is 0 Å². The van der Waals surface area contributed by atoms with Crippen LogP contribution in [0.4, 0.5) is 0 Å². The Kier molecular flexibility index (Phi) is 4.21. The Morgan fingerprint density at radius 3 is 2.39 bits per heavy atom. The van der Waals surface area contributed by atoms with Gasteiger partial charge in [-0.15, -0.1) is 0 Å². The van der Waals surface area contributed by atoms with E-state index in [1.54, 1.807) is 36.4 Å². The highest BCUT2D eigenvalue weighted by Gasteiger charge is 2.60. The lowest BCUT2D eigenvalue weighted by atomic mass is 10.1. The highest BCUT2D eigenvalue weighted by atomic mass is 35.5. The molecule has 0 amide bonds. The molecule has 1 saturated carbocycles. The molecule has 3 atom stereocenters. The van der Waals surface area contributed by atoms with E-state index in [9.17, 15) is 8.42 Å². The lowest BCUT2D eigenvalue weighted by molar-refractivity contribution is 0.593. The minimum Gasteiger partial charge on any atom is -0.393 e. The van der Waals surface area contributed by atoms with Crippen LogP contribution in [0.3, 0.4) is 0 Å². The molecule has 3 rings (SSSR count). The Hall–Kier alpha value is -1.43. The van der Waals surface area contributed by atoms with Gasteiger partial charge in [-0.05, 0) is 36.8 Å². The number of halogens is 1. The third-order valence-electron chi connectivity index (χ3n) is 4.22. The van der Waals surface area contributed by atoms with E-state index in [2.05, 4.69) is 0 Å². The minimum atomic E-state index is -3.50. The molecule has 2 aromatic rings. The van der Waals surface area contributed by atoms with Crippen LogP contribution in [0, 0.1) is 12.8 Å². The Bertz CT molecular complexity index is 862. The second kappa shape index (κ2) is 5.89. The van der Waals surface area contributed by atoms with Crippen molar-refractivity contribution in [2.75, 3.05) is 0 Å². The average molecular weight is 366 g/mol. The van der Waals surface area contributed by atoms with Crippen molar-refractivity contribution >= 4 is 38.6 Å². The number of aryl methyl sites for hydroxylation is 1. The summed E-state index contributed by atoms with van der Waals surface area (Å²) < 4.78 is 25.9. The maximum absolute atomic E-state index is 12.9. The molecule has 6 heteroatoms. The van der Waals surface area contributed by atoms with Gasteiger partial charge in [0.05, 0.1) is 15.1 Å². The SMILES string of the molecule is Cc1ccc(S(=O)(=O)C2C(C(N)=S)C2c2cccc(Cl)c2)cc1. The van der Waals surface area contributed by atoms with Crippen LogP contribution in [0.25, 0.3) is 0 Å². The molecule has 0 spiro atoms. The molecule has 1 aliphatic carbocycles. The van der Waals surface area contributed by atoms with Crippen LogP contribution in [-0.4, -0.2) is 18.7 Å². The van der Waals surface area contributed by atoms with Gasteiger partial charge >= 0.3 is 0 Å². The van der Waals surface area contributed by atoms with Crippen molar-refractivity contribution in [3.63, 3.8) is 0 Å². The van der Waals surface area contributed by atoms with E-state index < -0.39 is 15.1 Å². The molecular weight excluding hydrogens is 350 g/mol. The van der Waals surface area contributed by atoms with E-state index in [4.69, 9.17) is 29.6 Å². The number of benzene rings is 2. The fourth-order valence-electron chi connectivity index (χ4n) is 3.00. The number of hydrogen-bond donors (Lipinski definition) is 1. The van der Waals surface area contributed by atoms with Gasteiger partial charge in [0.1, 0.15) is 0 Å². The highest BCUT2D eigenvalue weighted by molar-refractivity contribution is 7.92. The Morgan fingerprint density at radius 2 is 1.83 bits per heavy atom. The standard InChI is InChI=1S/C17H16ClNO2S2/c1-10-5-7-13(8-6-10)23(20,21)16-14(15(16)17(19)22)11-3-2-4-12(18)9-11/h2-9,14-16H,1H3,(H2,19,22). The van der Waals surface area contributed by atoms with E-state index in [0.717, 1.165) is 11.1 Å². The number of rotatable bonds is 4. The highest BCUT2D eigenvalue weighted by Crippen LogP contribution is 2.54. The molecule has 0 aliphatic heterocycles. The first-order valence-electron chi connectivity index (χ1n) is 7.18. The van der Waals surface area contributed by atoms with Gasteiger partial charge in [0, 0.05) is 16.9 Å². The molecule has 0 radical (unpaired) electrons. The molecular formula is C17H16ClNO2S2. The van der Waals surface area contributed by atoms with Crippen LogP contribution < -0.4 is 5.73 Å². The van der Waals surface area contributed by atoms with Crippen molar-refractivity contribution < 1.29 is 8.42 Å². The second-order valence-electron chi connectivity index (χ2n) is 5.83. The second-order valence-corrected chi connectivity index (χ2v) is 8.85. The normalized spacial score (nSPS) is 23.5. The predicted octanol–water partition coefficient (Wildman–Crippen LogP) is 3.49. The number of hydrogen-bond acceptors (Lipinski definition) is 3. The predicted molar refractivity (Wildman–Crippen MR) is 96.6 cm³/mol. The molecule has 0 saturated heterocycles. The van der Waals surface area contributed by atoms with Crippen LogP contribution in [0.5, 0.6) is 0 Å². The monoisotopic (exact) mass is 365 g/mol. The number of sulfone groups is 1. The Labute approximate surface area is 146 Å². The summed E-state index contributed by atoms with van der Waals surface area (Å²) in [6.07, 6.45) is 0. The maximum Gasteiger partial charge on any atom is 0.182 e. The number of nitrogens with two attached hydrogens (primary N) is 1. The summed E-state index contributed by atoms with van der Waals surface area (Å²) in [5.41, 5.74) is 7.66. The molecule has 1 fully saturated rings. The van der Waals surface area contributed by atoms with Gasteiger partial charge in [0.25, 0.3) is 0 Å². The molecule has 2 N–H and O–H groups in total. The smallest absolute Gasteiger partial charge is 0.182 e. The summed E-state index contributed by atoms with van der Waals surface area (Å²) in [5.74, 6) is -0.590. The fraction of sp³-hybridized carbons (Fsp3) is 0.235. The Morgan fingerprint density at radius 1 is 1.17 bits per heavy atom. The van der Waals surface area contributed by atoms with E-state index in [1.165, 1.54) is 0 Å². The van der Waals surface area contributed by atoms with E-state index in [1.807, 2.05) is 19.1 Å². The van der Waals surface area contributed by atoms with Gasteiger partial charge in [0.15, 0.2) is 9.84 Å². The van der Waals surface area contributed by atoms with Crippen LogP contribution in [0.2, 0.25) is 5.02 Å². The zero-order valence-corrected chi connectivity index (χ0v) is 14.8. The van der Waals surface area contributed by atoms with E-state index in [-0.39, 0.29) is 16.8 Å². The van der Waals surface area contributed by atoms with Crippen LogP contribution >= 0.6 is 23.8 Å². The number of thiocarbonyl (C=S) groups is 1. The summed E-state index contributed by atoms with van der Waals surface area (Å²) in [7, 11) is -3.50. The van der Waals surface area contributed by atoms with E-state index in [0.29, 0.717) is 9.92 Å². The quantitative estimate of drug-likeness (QED) is 0.842. The van der Waals surface area contributed by atoms with Crippen molar-refractivity contribution in [2.24, 2.45) is 11.7 Å². The summed E-state index contributed by atoms with van der Waals surface area (Å²) in [4.78, 5) is 0.537. The van der Waals surface area contributed by atoms with Crippen molar-refractivity contribution in [1.29, 1.82) is 0 Å². The molecule has 3 nitrogen and oxygen atoms in total. The van der Waals surface area contributed by atoms with Gasteiger partial charge < -0.3 is 5.73 Å². The first-order chi connectivity index (χ1) is 10.8. The summed E-state index contributed by atoms with van der Waals surface area (Å²) in [5, 5.41) is -0.0521. The average Bonchev–Trinajstić information content (AvgIpc) is 3.24. The minimum absolute atomic E-state index is 0.232. The van der Waals surface area contributed by atoms with Crippen molar-refractivity contribution in [3.05, 3.63) is 64.7 Å². The lowest BCUT2D eigenvalue weighted by Crippen LogP contribution is -2.17. The molecule has 0 heterocycles. The maximum atomic E-state index is 12.9. The first-order valence-corrected chi connectivity index (χ1v) is 9.51. The summed E-state index contributed by atoms with van der Waals surface area (Å²) in [6, 6.07) is 14.1. The molecule has 3 unspecified atom stereocenters. The van der Waals surface area contributed by atoms with Crippen molar-refractivity contribution in [3.8, 4) is 0 Å². The van der Waals surface area contributed by atoms with Crippen LogP contribution in [-0.2, 0) is 9.84 Å². The molecule has 0 aromatic heterocycles. The van der Waals surface area contributed by atoms with Crippen LogP contribution in [0.1, 0.15) is 17.0 Å². The summed E-state index contributed by atoms with van der Waals surface area (Å²) >= 11 is 11.1. The molecule has 1 aliphatic rings. The molecule has 23 heavy (non-hydrogen) atoms. The zero-order valence-electron chi connectivity index (χ0n) is 12.4. The Balaban J connectivity index is 2.00. The van der Waals surface area contributed by atoms with Gasteiger partial charge in [-0.25, -0.2) is 8.42 Å². The van der Waals surface area contributed by atoms with Gasteiger partial charge in [-0.3, -0.25) is 0 Å². The third kappa shape index (κ3) is 3.01. The van der Waals surface area contributed by atoms with Gasteiger partial charge in [0.2, 0.25) is 0 Å². The topological polar surface area (TPSA) is 60.2 Å². The molecule has 2 aromatic carbocycles. The van der Waals surface area contributed by atoms with Crippen molar-refractivity contribution in [2.45, 2.75) is 23.0 Å². The van der Waals surface area contributed by atoms with Gasteiger partial charge in [-0.1, -0.05) is 53.6 Å². The fourth-order valence-corrected chi connectivity index (χ4v) is 5.74. The zero-order chi connectivity index (χ0) is 16.8. The lowest BCUT2D eigenvalue weighted by Gasteiger charge is -2.05.